The molecule has 0 spiro atoms. The predicted octanol–water partition coefficient (Wildman–Crippen LogP) is 4.81. The van der Waals surface area contributed by atoms with E-state index in [-0.39, 0.29) is 0 Å². The van der Waals surface area contributed by atoms with Crippen LogP contribution in [0.3, 0.4) is 0 Å². The Bertz CT molecular complexity index is 1120. The maximum Gasteiger partial charge on any atom is 0.347 e. The second-order valence-corrected chi connectivity index (χ2v) is 9.08. The van der Waals surface area contributed by atoms with Crippen molar-refractivity contribution in [2.45, 2.75) is 47.0 Å². The van der Waals surface area contributed by atoms with Crippen molar-refractivity contribution in [2.75, 3.05) is 47.6 Å². The lowest BCUT2D eigenvalue weighted by atomic mass is 10.0. The van der Waals surface area contributed by atoms with Crippen molar-refractivity contribution in [1.82, 2.24) is 4.90 Å². The average molecular weight is 500 g/mol. The summed E-state index contributed by atoms with van der Waals surface area (Å²) in [7, 11) is 4.41. The summed E-state index contributed by atoms with van der Waals surface area (Å²) in [6, 6.07) is 3.44. The van der Waals surface area contributed by atoms with Crippen LogP contribution in [0.5, 0.6) is 23.0 Å². The zero-order valence-corrected chi connectivity index (χ0v) is 22.4. The molecule has 0 N–H and O–H groups in total. The zero-order valence-electron chi connectivity index (χ0n) is 22.4. The maximum atomic E-state index is 13.4. The Labute approximate surface area is 213 Å². The van der Waals surface area contributed by atoms with Crippen molar-refractivity contribution >= 4 is 11.9 Å². The number of carbonyl (C=O) groups excluding carboxylic acids is 2. The van der Waals surface area contributed by atoms with Crippen LogP contribution in [0.25, 0.3) is 0 Å². The van der Waals surface area contributed by atoms with Crippen LogP contribution in [0, 0.1) is 27.7 Å². The van der Waals surface area contributed by atoms with Gasteiger partial charge in [0.15, 0.2) is 0 Å². The van der Waals surface area contributed by atoms with E-state index in [4.69, 9.17) is 23.7 Å². The van der Waals surface area contributed by atoms with Crippen LogP contribution in [0.15, 0.2) is 12.1 Å². The third kappa shape index (κ3) is 5.75. The van der Waals surface area contributed by atoms with Crippen molar-refractivity contribution in [2.24, 2.45) is 0 Å². The molecule has 3 rings (SSSR count). The molecule has 0 bridgehead atoms. The van der Waals surface area contributed by atoms with Gasteiger partial charge < -0.3 is 23.7 Å². The fourth-order valence-corrected chi connectivity index (χ4v) is 4.68. The fraction of sp³-hybridized carbons (Fsp3) is 0.500. The van der Waals surface area contributed by atoms with Gasteiger partial charge in [0.05, 0.1) is 21.3 Å². The first-order valence-electron chi connectivity index (χ1n) is 12.2. The van der Waals surface area contributed by atoms with Gasteiger partial charge in [0.1, 0.15) is 40.7 Å². The number of hydrogen-bond acceptors (Lipinski definition) is 8. The Balaban J connectivity index is 1.94. The number of piperidine rings is 1. The van der Waals surface area contributed by atoms with Crippen LogP contribution in [-0.2, 0) is 4.74 Å². The summed E-state index contributed by atoms with van der Waals surface area (Å²) in [5.41, 5.74) is 3.17. The van der Waals surface area contributed by atoms with Gasteiger partial charge in [0, 0.05) is 17.7 Å². The molecule has 0 aliphatic carbocycles. The number of rotatable bonds is 9. The maximum absolute atomic E-state index is 13.4. The number of likely N-dealkylation sites (tertiary alicyclic amines) is 1. The standard InChI is InChI=1S/C28H37NO7/c1-17-15-21(32-5)19(3)25(33-6)23(17)28(31)36-22-16-18(2)24(27(30)34-7)26(20(22)4)35-14-13-29-11-9-8-10-12-29/h15-16H,8-14H2,1-7H3. The van der Waals surface area contributed by atoms with E-state index in [0.717, 1.165) is 19.6 Å². The smallest absolute Gasteiger partial charge is 0.347 e. The van der Waals surface area contributed by atoms with Crippen molar-refractivity contribution in [3.8, 4) is 23.0 Å². The first-order chi connectivity index (χ1) is 17.2. The number of aryl methyl sites for hydroxylation is 2. The summed E-state index contributed by atoms with van der Waals surface area (Å²) in [4.78, 5) is 28.3. The second-order valence-electron chi connectivity index (χ2n) is 9.08. The van der Waals surface area contributed by atoms with Crippen molar-refractivity contribution < 1.29 is 33.3 Å². The van der Waals surface area contributed by atoms with E-state index in [0.29, 0.717) is 63.0 Å². The molecule has 0 unspecified atom stereocenters. The summed E-state index contributed by atoms with van der Waals surface area (Å²) in [5, 5.41) is 0. The second kappa shape index (κ2) is 12.1. The minimum Gasteiger partial charge on any atom is -0.496 e. The summed E-state index contributed by atoms with van der Waals surface area (Å²) >= 11 is 0. The molecule has 8 nitrogen and oxygen atoms in total. The summed E-state index contributed by atoms with van der Waals surface area (Å²) in [6.07, 6.45) is 3.63. The van der Waals surface area contributed by atoms with Gasteiger partial charge in [-0.3, -0.25) is 4.90 Å². The van der Waals surface area contributed by atoms with Crippen LogP contribution in [-0.4, -0.2) is 64.4 Å². The van der Waals surface area contributed by atoms with E-state index < -0.39 is 11.9 Å². The number of methoxy groups -OCH3 is 3. The molecule has 0 radical (unpaired) electrons. The zero-order chi connectivity index (χ0) is 26.4. The van der Waals surface area contributed by atoms with E-state index in [9.17, 15) is 9.59 Å². The van der Waals surface area contributed by atoms with Crippen LogP contribution < -0.4 is 18.9 Å². The number of benzene rings is 2. The van der Waals surface area contributed by atoms with Crippen molar-refractivity contribution in [1.29, 1.82) is 0 Å². The van der Waals surface area contributed by atoms with Gasteiger partial charge in [-0.15, -0.1) is 0 Å². The lowest BCUT2D eigenvalue weighted by molar-refractivity contribution is 0.0594. The number of hydrogen-bond donors (Lipinski definition) is 0. The molecule has 0 atom stereocenters. The molecule has 1 saturated heterocycles. The Kier molecular flexibility index (Phi) is 9.20. The van der Waals surface area contributed by atoms with E-state index in [1.54, 1.807) is 40.0 Å². The molecule has 0 amide bonds. The highest BCUT2D eigenvalue weighted by Crippen LogP contribution is 2.38. The quantitative estimate of drug-likeness (QED) is 0.359. The molecule has 2 aromatic carbocycles. The highest BCUT2D eigenvalue weighted by molar-refractivity contribution is 5.98. The van der Waals surface area contributed by atoms with Crippen LogP contribution in [0.2, 0.25) is 0 Å². The molecule has 1 aliphatic rings. The van der Waals surface area contributed by atoms with Gasteiger partial charge in [0.25, 0.3) is 0 Å². The molecular weight excluding hydrogens is 462 g/mol. The molecule has 1 heterocycles. The van der Waals surface area contributed by atoms with Gasteiger partial charge in [-0.25, -0.2) is 9.59 Å². The van der Waals surface area contributed by atoms with Crippen LogP contribution in [0.1, 0.15) is 62.2 Å². The normalized spacial score (nSPS) is 13.8. The third-order valence-corrected chi connectivity index (χ3v) is 6.68. The molecule has 36 heavy (non-hydrogen) atoms. The minimum atomic E-state index is -0.567. The lowest BCUT2D eigenvalue weighted by Gasteiger charge is -2.26. The largest absolute Gasteiger partial charge is 0.496 e. The molecular formula is C28H37NO7. The molecule has 2 aromatic rings. The summed E-state index contributed by atoms with van der Waals surface area (Å²) in [6.45, 7) is 10.4. The topological polar surface area (TPSA) is 83.5 Å². The Hall–Kier alpha value is -3.26. The van der Waals surface area contributed by atoms with Gasteiger partial charge in [0.2, 0.25) is 0 Å². The van der Waals surface area contributed by atoms with E-state index in [2.05, 4.69) is 4.90 Å². The number of esters is 2. The Morgan fingerprint density at radius 1 is 0.778 bits per heavy atom. The molecule has 0 aromatic heterocycles. The van der Waals surface area contributed by atoms with Gasteiger partial charge >= 0.3 is 11.9 Å². The van der Waals surface area contributed by atoms with Crippen molar-refractivity contribution in [3.63, 3.8) is 0 Å². The molecule has 1 fully saturated rings. The molecule has 8 heteroatoms. The highest BCUT2D eigenvalue weighted by atomic mass is 16.5. The first-order valence-corrected chi connectivity index (χ1v) is 12.2. The first kappa shape index (κ1) is 27.3. The minimum absolute atomic E-state index is 0.313. The summed E-state index contributed by atoms with van der Waals surface area (Å²) < 4.78 is 28.0. The Morgan fingerprint density at radius 3 is 1.94 bits per heavy atom. The fourth-order valence-electron chi connectivity index (χ4n) is 4.68. The SMILES string of the molecule is COC(=O)c1c(C)cc(OC(=O)c2c(C)cc(OC)c(C)c2OC)c(C)c1OCCN1CCCCC1. The molecule has 1 aliphatic heterocycles. The van der Waals surface area contributed by atoms with E-state index in [1.165, 1.54) is 33.5 Å². The van der Waals surface area contributed by atoms with Crippen LogP contribution in [0.4, 0.5) is 0 Å². The van der Waals surface area contributed by atoms with Gasteiger partial charge in [-0.05, 0) is 76.9 Å². The molecule has 0 saturated carbocycles. The lowest BCUT2D eigenvalue weighted by Crippen LogP contribution is -2.33. The average Bonchev–Trinajstić information content (AvgIpc) is 2.87. The van der Waals surface area contributed by atoms with Crippen molar-refractivity contribution in [3.05, 3.63) is 45.5 Å². The van der Waals surface area contributed by atoms with Crippen LogP contribution >= 0.6 is 0 Å². The van der Waals surface area contributed by atoms with E-state index in [1.807, 2.05) is 6.92 Å². The Morgan fingerprint density at radius 2 is 1.36 bits per heavy atom. The highest BCUT2D eigenvalue weighted by Gasteiger charge is 2.27. The van der Waals surface area contributed by atoms with E-state index >= 15 is 0 Å². The molecule has 196 valence electrons. The predicted molar refractivity (Wildman–Crippen MR) is 137 cm³/mol. The van der Waals surface area contributed by atoms with Gasteiger partial charge in [-0.2, -0.15) is 0 Å². The number of ether oxygens (including phenoxy) is 5. The third-order valence-electron chi connectivity index (χ3n) is 6.68. The number of carbonyl (C=O) groups is 2. The monoisotopic (exact) mass is 499 g/mol. The van der Waals surface area contributed by atoms with Gasteiger partial charge in [-0.1, -0.05) is 6.42 Å². The number of nitrogens with zero attached hydrogens (tertiary/aromatic N) is 1. The summed E-state index contributed by atoms with van der Waals surface area (Å²) in [5.74, 6) is 0.645.